The van der Waals surface area contributed by atoms with Crippen molar-refractivity contribution in [2.75, 3.05) is 6.79 Å². The van der Waals surface area contributed by atoms with Gasteiger partial charge >= 0.3 is 0 Å². The zero-order valence-corrected chi connectivity index (χ0v) is 20.8. The zero-order valence-electron chi connectivity index (χ0n) is 20.8. The Kier molecular flexibility index (Phi) is 4.28. The first-order valence-corrected chi connectivity index (χ1v) is 12.5. The van der Waals surface area contributed by atoms with Crippen LogP contribution in [0.2, 0.25) is 0 Å². The summed E-state index contributed by atoms with van der Waals surface area (Å²) >= 11 is 0. The highest BCUT2D eigenvalue weighted by Crippen LogP contribution is 2.70. The molecule has 1 aliphatic heterocycles. The molecule has 0 radical (unpaired) electrons. The van der Waals surface area contributed by atoms with E-state index in [2.05, 4.69) is 31.6 Å². The summed E-state index contributed by atoms with van der Waals surface area (Å²) in [6.07, 6.45) is 1.41. The lowest BCUT2D eigenvalue weighted by Gasteiger charge is -2.39. The Hall–Kier alpha value is -4.20. The molecule has 1 aromatic heterocycles. The molecular weight excluding hydrogens is 468 g/mol. The van der Waals surface area contributed by atoms with E-state index in [-0.39, 0.29) is 24.0 Å². The van der Waals surface area contributed by atoms with Gasteiger partial charge in [0.05, 0.1) is 22.4 Å². The van der Waals surface area contributed by atoms with Crippen molar-refractivity contribution in [2.24, 2.45) is 5.41 Å². The number of hydrogen-bond acceptors (Lipinski definition) is 6. The SMILES string of the molecule is CC12CCC(C(=O)NNC(=O)c3cccc4ccccc34)(c3nc4cc5c(cc4nc31)OCO5)C2(C)C. The van der Waals surface area contributed by atoms with Crippen molar-refractivity contribution in [1.29, 1.82) is 0 Å². The fourth-order valence-electron chi connectivity index (χ4n) is 6.71. The van der Waals surface area contributed by atoms with Crippen LogP contribution in [-0.4, -0.2) is 28.6 Å². The number of amides is 2. The van der Waals surface area contributed by atoms with Crippen LogP contribution in [0, 0.1) is 5.41 Å². The molecule has 37 heavy (non-hydrogen) atoms. The summed E-state index contributed by atoms with van der Waals surface area (Å²) in [5.41, 5.74) is 7.04. The van der Waals surface area contributed by atoms with E-state index >= 15 is 0 Å². The Bertz CT molecular complexity index is 1660. The molecule has 2 N–H and O–H groups in total. The van der Waals surface area contributed by atoms with Gasteiger partial charge in [0.1, 0.15) is 5.41 Å². The maximum atomic E-state index is 14.0. The van der Waals surface area contributed by atoms with Crippen molar-refractivity contribution in [3.63, 3.8) is 0 Å². The molecular formula is C29H26N4O4. The van der Waals surface area contributed by atoms with Crippen LogP contribution in [0.5, 0.6) is 11.5 Å². The Morgan fingerprint density at radius 1 is 0.838 bits per heavy atom. The van der Waals surface area contributed by atoms with E-state index in [1.807, 2.05) is 48.5 Å². The summed E-state index contributed by atoms with van der Waals surface area (Å²) in [6.45, 7) is 6.54. The maximum absolute atomic E-state index is 14.0. The molecule has 2 atom stereocenters. The number of fused-ring (bicyclic) bond motifs is 8. The number of rotatable bonds is 2. The second-order valence-electron chi connectivity index (χ2n) is 10.9. The average Bonchev–Trinajstić information content (AvgIpc) is 3.48. The Morgan fingerprint density at radius 2 is 1.51 bits per heavy atom. The number of hydrazine groups is 1. The molecule has 2 aliphatic carbocycles. The lowest BCUT2D eigenvalue weighted by molar-refractivity contribution is -0.131. The van der Waals surface area contributed by atoms with Crippen LogP contribution in [-0.2, 0) is 15.6 Å². The lowest BCUT2D eigenvalue weighted by Crippen LogP contribution is -2.55. The fraction of sp³-hybridized carbons (Fsp3) is 0.310. The molecule has 3 aliphatic rings. The first-order valence-electron chi connectivity index (χ1n) is 12.5. The number of carbonyl (C=O) groups excluding carboxylic acids is 2. The predicted octanol–water partition coefficient (Wildman–Crippen LogP) is 4.30. The molecule has 8 nitrogen and oxygen atoms in total. The smallest absolute Gasteiger partial charge is 0.270 e. The van der Waals surface area contributed by atoms with E-state index in [1.165, 1.54) is 0 Å². The van der Waals surface area contributed by atoms with E-state index < -0.39 is 10.8 Å². The van der Waals surface area contributed by atoms with Crippen LogP contribution in [0.3, 0.4) is 0 Å². The molecule has 2 heterocycles. The first kappa shape index (κ1) is 22.0. The summed E-state index contributed by atoms with van der Waals surface area (Å²) in [5.74, 6) is 0.632. The van der Waals surface area contributed by atoms with E-state index in [1.54, 1.807) is 6.07 Å². The van der Waals surface area contributed by atoms with Crippen LogP contribution >= 0.6 is 0 Å². The standard InChI is InChI=1S/C29H26N4O4/c1-27(2)28(3)11-12-29(27,24-23(28)30-19-13-21-22(37-15-36-21)14-20(19)31-24)26(35)33-32-25(34)18-10-6-8-16-7-4-5-9-17(16)18/h4-10,13-14H,11-12,15H2,1-3H3,(H,32,34)(H,33,35). The van der Waals surface area contributed by atoms with Crippen molar-refractivity contribution >= 4 is 33.6 Å². The highest BCUT2D eigenvalue weighted by Gasteiger charge is 2.73. The molecule has 2 unspecified atom stereocenters. The van der Waals surface area contributed by atoms with E-state index in [4.69, 9.17) is 19.4 Å². The second kappa shape index (κ2) is 7.18. The van der Waals surface area contributed by atoms with Crippen LogP contribution in [0.25, 0.3) is 21.8 Å². The Labute approximate surface area is 213 Å². The Morgan fingerprint density at radius 3 is 2.27 bits per heavy atom. The zero-order chi connectivity index (χ0) is 25.6. The molecule has 2 bridgehead atoms. The summed E-state index contributed by atoms with van der Waals surface area (Å²) in [6, 6.07) is 16.9. The number of carbonyl (C=O) groups is 2. The molecule has 0 spiro atoms. The minimum Gasteiger partial charge on any atom is -0.454 e. The van der Waals surface area contributed by atoms with Crippen LogP contribution in [0.15, 0.2) is 54.6 Å². The molecule has 186 valence electrons. The van der Waals surface area contributed by atoms with Crippen molar-refractivity contribution in [3.8, 4) is 11.5 Å². The molecule has 0 saturated heterocycles. The summed E-state index contributed by atoms with van der Waals surface area (Å²) in [4.78, 5) is 37.2. The van der Waals surface area contributed by atoms with Gasteiger partial charge in [-0.3, -0.25) is 20.4 Å². The van der Waals surface area contributed by atoms with Crippen molar-refractivity contribution in [2.45, 2.75) is 44.4 Å². The minimum absolute atomic E-state index is 0.166. The second-order valence-corrected chi connectivity index (χ2v) is 10.9. The van der Waals surface area contributed by atoms with Crippen LogP contribution < -0.4 is 20.3 Å². The van der Waals surface area contributed by atoms with Gasteiger partial charge in [-0.2, -0.15) is 0 Å². The molecule has 3 aromatic carbocycles. The maximum Gasteiger partial charge on any atom is 0.270 e. The monoisotopic (exact) mass is 494 g/mol. The summed E-state index contributed by atoms with van der Waals surface area (Å²) < 4.78 is 11.1. The van der Waals surface area contributed by atoms with Crippen LogP contribution in [0.1, 0.15) is 55.4 Å². The molecule has 1 fully saturated rings. The van der Waals surface area contributed by atoms with Crippen LogP contribution in [0.4, 0.5) is 0 Å². The third-order valence-electron chi connectivity index (χ3n) is 9.24. The van der Waals surface area contributed by atoms with Crippen molar-refractivity contribution in [3.05, 3.63) is 71.5 Å². The number of hydrogen-bond donors (Lipinski definition) is 2. The number of benzene rings is 3. The van der Waals surface area contributed by atoms with Gasteiger partial charge in [-0.1, -0.05) is 57.2 Å². The third kappa shape index (κ3) is 2.67. The van der Waals surface area contributed by atoms with E-state index in [0.29, 0.717) is 40.2 Å². The van der Waals surface area contributed by atoms with Crippen molar-refractivity contribution < 1.29 is 19.1 Å². The normalized spacial score (nSPS) is 24.3. The lowest BCUT2D eigenvalue weighted by atomic mass is 9.63. The molecule has 1 saturated carbocycles. The highest BCUT2D eigenvalue weighted by molar-refractivity contribution is 6.07. The van der Waals surface area contributed by atoms with E-state index in [0.717, 1.165) is 22.9 Å². The number of nitrogens with zero attached hydrogens (tertiary/aromatic N) is 2. The average molecular weight is 495 g/mol. The van der Waals surface area contributed by atoms with Gasteiger partial charge in [-0.05, 0) is 35.1 Å². The third-order valence-corrected chi connectivity index (χ3v) is 9.24. The van der Waals surface area contributed by atoms with Gasteiger partial charge in [0.2, 0.25) is 6.79 Å². The largest absolute Gasteiger partial charge is 0.454 e. The molecule has 7 rings (SSSR count). The van der Waals surface area contributed by atoms with Gasteiger partial charge in [0, 0.05) is 23.1 Å². The predicted molar refractivity (Wildman–Crippen MR) is 137 cm³/mol. The molecule has 8 heteroatoms. The number of ether oxygens (including phenoxy) is 2. The van der Waals surface area contributed by atoms with Crippen molar-refractivity contribution in [1.82, 2.24) is 20.8 Å². The van der Waals surface area contributed by atoms with Gasteiger partial charge in [-0.15, -0.1) is 0 Å². The van der Waals surface area contributed by atoms with Gasteiger partial charge in [-0.25, -0.2) is 9.97 Å². The number of nitrogens with one attached hydrogen (secondary N) is 2. The molecule has 4 aromatic rings. The van der Waals surface area contributed by atoms with Gasteiger partial charge in [0.25, 0.3) is 11.8 Å². The Balaban J connectivity index is 1.27. The molecule has 2 amide bonds. The summed E-state index contributed by atoms with van der Waals surface area (Å²) in [7, 11) is 0. The topological polar surface area (TPSA) is 102 Å². The highest BCUT2D eigenvalue weighted by atomic mass is 16.7. The van der Waals surface area contributed by atoms with Gasteiger partial charge < -0.3 is 9.47 Å². The van der Waals surface area contributed by atoms with Gasteiger partial charge in [0.15, 0.2) is 11.5 Å². The number of aromatic nitrogens is 2. The quantitative estimate of drug-likeness (QED) is 0.403. The fourth-order valence-corrected chi connectivity index (χ4v) is 6.71. The van der Waals surface area contributed by atoms with E-state index in [9.17, 15) is 9.59 Å². The minimum atomic E-state index is -0.944. The first-order chi connectivity index (χ1) is 17.8. The summed E-state index contributed by atoms with van der Waals surface area (Å²) in [5, 5.41) is 1.78.